The molecule has 0 amide bonds. The van der Waals surface area contributed by atoms with Crippen molar-refractivity contribution in [1.29, 1.82) is 0 Å². The van der Waals surface area contributed by atoms with Gasteiger partial charge in [0.1, 0.15) is 12.4 Å². The summed E-state index contributed by atoms with van der Waals surface area (Å²) in [6.45, 7) is 7.77. The summed E-state index contributed by atoms with van der Waals surface area (Å²) < 4.78 is 8.23. The second-order valence-corrected chi connectivity index (χ2v) is 7.40. The molecule has 0 radical (unpaired) electrons. The zero-order valence-corrected chi connectivity index (χ0v) is 17.6. The standard InChI is InChI=1S/C25H32N2O2/c1-3-10-22-15-16-23(20-28)27(22)24-13-8-9-14-25(24)29-18-17-26(4-2)19-21-11-6-5-7-12-21/h6,8-9,11-16,20H,3-5,7,10,17-19H2,1-2H3. The number of aryl methyl sites for hydroxylation is 1. The van der Waals surface area contributed by atoms with E-state index in [0.29, 0.717) is 12.3 Å². The van der Waals surface area contributed by atoms with Gasteiger partial charge in [-0.15, -0.1) is 0 Å². The van der Waals surface area contributed by atoms with Crippen molar-refractivity contribution in [3.05, 3.63) is 71.6 Å². The van der Waals surface area contributed by atoms with Crippen LogP contribution in [0.2, 0.25) is 0 Å². The van der Waals surface area contributed by atoms with Crippen molar-refractivity contribution in [1.82, 2.24) is 9.47 Å². The number of para-hydroxylation sites is 2. The number of ether oxygens (including phenoxy) is 1. The van der Waals surface area contributed by atoms with Crippen LogP contribution in [0.25, 0.3) is 5.69 Å². The first-order valence-corrected chi connectivity index (χ1v) is 10.7. The average Bonchev–Trinajstić information content (AvgIpc) is 3.17. The molecule has 4 nitrogen and oxygen atoms in total. The van der Waals surface area contributed by atoms with Crippen LogP contribution < -0.4 is 4.74 Å². The fourth-order valence-corrected chi connectivity index (χ4v) is 3.77. The number of aldehydes is 1. The maximum atomic E-state index is 11.6. The molecule has 0 fully saturated rings. The van der Waals surface area contributed by atoms with E-state index in [9.17, 15) is 4.79 Å². The van der Waals surface area contributed by atoms with Gasteiger partial charge in [0, 0.05) is 18.8 Å². The van der Waals surface area contributed by atoms with Gasteiger partial charge in [0.25, 0.3) is 0 Å². The van der Waals surface area contributed by atoms with E-state index < -0.39 is 0 Å². The molecule has 29 heavy (non-hydrogen) atoms. The maximum Gasteiger partial charge on any atom is 0.166 e. The molecule has 0 bridgehead atoms. The zero-order chi connectivity index (χ0) is 20.5. The number of nitrogens with zero attached hydrogens (tertiary/aromatic N) is 2. The SMILES string of the molecule is CCCc1ccc(C=O)n1-c1ccccc1OCCN(CC)CC1=CCCC=C1. The van der Waals surface area contributed by atoms with Gasteiger partial charge in [-0.05, 0) is 55.6 Å². The molecule has 1 heterocycles. The summed E-state index contributed by atoms with van der Waals surface area (Å²) in [6.07, 6.45) is 12.0. The largest absolute Gasteiger partial charge is 0.490 e. The average molecular weight is 393 g/mol. The molecule has 2 aromatic rings. The van der Waals surface area contributed by atoms with Crippen molar-refractivity contribution in [3.63, 3.8) is 0 Å². The maximum absolute atomic E-state index is 11.6. The minimum absolute atomic E-state index is 0.614. The number of rotatable bonds is 11. The number of hydrogen-bond donors (Lipinski definition) is 0. The van der Waals surface area contributed by atoms with E-state index in [2.05, 4.69) is 37.0 Å². The summed E-state index contributed by atoms with van der Waals surface area (Å²) in [5.74, 6) is 0.817. The molecule has 0 N–H and O–H groups in total. The molecule has 154 valence electrons. The smallest absolute Gasteiger partial charge is 0.166 e. The van der Waals surface area contributed by atoms with Crippen LogP contribution in [0, 0.1) is 0 Å². The molecule has 0 saturated heterocycles. The van der Waals surface area contributed by atoms with Gasteiger partial charge in [-0.1, -0.05) is 50.6 Å². The highest BCUT2D eigenvalue weighted by Crippen LogP contribution is 2.27. The third-order valence-corrected chi connectivity index (χ3v) is 5.32. The lowest BCUT2D eigenvalue weighted by Gasteiger charge is -2.23. The van der Waals surface area contributed by atoms with E-state index in [1.165, 1.54) is 5.57 Å². The fourth-order valence-electron chi connectivity index (χ4n) is 3.77. The van der Waals surface area contributed by atoms with E-state index in [1.807, 2.05) is 41.0 Å². The highest BCUT2D eigenvalue weighted by molar-refractivity contribution is 5.75. The molecule has 0 atom stereocenters. The molecule has 4 heteroatoms. The number of carbonyl (C=O) groups is 1. The molecule has 3 rings (SSSR count). The molecular weight excluding hydrogens is 360 g/mol. The number of carbonyl (C=O) groups excluding carboxylic acids is 1. The molecule has 0 unspecified atom stereocenters. The summed E-state index contributed by atoms with van der Waals surface area (Å²) in [6, 6.07) is 11.9. The molecule has 0 saturated carbocycles. The van der Waals surface area contributed by atoms with Gasteiger partial charge in [-0.3, -0.25) is 9.69 Å². The summed E-state index contributed by atoms with van der Waals surface area (Å²) >= 11 is 0. The fraction of sp³-hybridized carbons (Fsp3) is 0.400. The number of benzene rings is 1. The van der Waals surface area contributed by atoms with E-state index in [4.69, 9.17) is 4.74 Å². The Bertz CT molecular complexity index is 863. The highest BCUT2D eigenvalue weighted by atomic mass is 16.5. The van der Waals surface area contributed by atoms with Crippen LogP contribution in [0.1, 0.15) is 49.3 Å². The van der Waals surface area contributed by atoms with Gasteiger partial charge in [-0.2, -0.15) is 0 Å². The monoisotopic (exact) mass is 392 g/mol. The lowest BCUT2D eigenvalue weighted by molar-refractivity contribution is 0.111. The summed E-state index contributed by atoms with van der Waals surface area (Å²) in [7, 11) is 0. The lowest BCUT2D eigenvalue weighted by Crippen LogP contribution is -2.30. The van der Waals surface area contributed by atoms with E-state index in [0.717, 1.165) is 68.7 Å². The Morgan fingerprint density at radius 1 is 1.14 bits per heavy atom. The third kappa shape index (κ3) is 5.48. The normalized spacial score (nSPS) is 13.6. The topological polar surface area (TPSA) is 34.5 Å². The van der Waals surface area contributed by atoms with Crippen LogP contribution in [0.5, 0.6) is 5.75 Å². The quantitative estimate of drug-likeness (QED) is 0.492. The first-order valence-electron chi connectivity index (χ1n) is 10.7. The molecule has 0 spiro atoms. The van der Waals surface area contributed by atoms with E-state index in [-0.39, 0.29) is 0 Å². The lowest BCUT2D eigenvalue weighted by atomic mass is 10.1. The van der Waals surface area contributed by atoms with Gasteiger partial charge in [0.15, 0.2) is 6.29 Å². The van der Waals surface area contributed by atoms with Gasteiger partial charge in [-0.25, -0.2) is 0 Å². The van der Waals surface area contributed by atoms with Crippen LogP contribution in [0.15, 0.2) is 60.2 Å². The van der Waals surface area contributed by atoms with Crippen LogP contribution in [0.4, 0.5) is 0 Å². The second kappa shape index (κ2) is 10.8. The van der Waals surface area contributed by atoms with Gasteiger partial charge >= 0.3 is 0 Å². The Labute approximate surface area is 174 Å². The van der Waals surface area contributed by atoms with Crippen molar-refractivity contribution < 1.29 is 9.53 Å². The summed E-state index contributed by atoms with van der Waals surface area (Å²) in [5.41, 5.74) is 4.13. The Morgan fingerprint density at radius 3 is 2.72 bits per heavy atom. The van der Waals surface area contributed by atoms with Crippen molar-refractivity contribution >= 4 is 6.29 Å². The van der Waals surface area contributed by atoms with Gasteiger partial charge in [0.2, 0.25) is 0 Å². The number of aromatic nitrogens is 1. The first kappa shape index (κ1) is 21.1. The highest BCUT2D eigenvalue weighted by Gasteiger charge is 2.14. The van der Waals surface area contributed by atoms with E-state index in [1.54, 1.807) is 0 Å². The van der Waals surface area contributed by atoms with Crippen LogP contribution >= 0.6 is 0 Å². The molecule has 1 aromatic carbocycles. The minimum Gasteiger partial charge on any atom is -0.490 e. The Kier molecular flexibility index (Phi) is 7.88. The van der Waals surface area contributed by atoms with Crippen molar-refractivity contribution in [3.8, 4) is 11.4 Å². The summed E-state index contributed by atoms with van der Waals surface area (Å²) in [5, 5.41) is 0. The zero-order valence-electron chi connectivity index (χ0n) is 17.6. The number of hydrogen-bond acceptors (Lipinski definition) is 3. The van der Waals surface area contributed by atoms with Crippen LogP contribution in [-0.2, 0) is 6.42 Å². The predicted octanol–water partition coefficient (Wildman–Crippen LogP) is 5.22. The Balaban J connectivity index is 1.70. The van der Waals surface area contributed by atoms with E-state index >= 15 is 0 Å². The van der Waals surface area contributed by atoms with Crippen molar-refractivity contribution in [2.24, 2.45) is 0 Å². The third-order valence-electron chi connectivity index (χ3n) is 5.32. The predicted molar refractivity (Wildman–Crippen MR) is 119 cm³/mol. The summed E-state index contributed by atoms with van der Waals surface area (Å²) in [4.78, 5) is 14.0. The molecule has 0 aliphatic heterocycles. The second-order valence-electron chi connectivity index (χ2n) is 7.40. The molecular formula is C25H32N2O2. The van der Waals surface area contributed by atoms with Crippen molar-refractivity contribution in [2.45, 2.75) is 39.5 Å². The number of likely N-dealkylation sites (N-methyl/N-ethyl adjacent to an activating group) is 1. The molecule has 1 aromatic heterocycles. The van der Waals surface area contributed by atoms with Crippen LogP contribution in [-0.4, -0.2) is 42.0 Å². The molecule has 1 aliphatic carbocycles. The van der Waals surface area contributed by atoms with Gasteiger partial charge < -0.3 is 9.30 Å². The van der Waals surface area contributed by atoms with Crippen LogP contribution in [0.3, 0.4) is 0 Å². The van der Waals surface area contributed by atoms with Gasteiger partial charge in [0.05, 0.1) is 11.4 Å². The Morgan fingerprint density at radius 2 is 2.00 bits per heavy atom. The van der Waals surface area contributed by atoms with Crippen molar-refractivity contribution in [2.75, 3.05) is 26.2 Å². The number of allylic oxidation sites excluding steroid dienone is 2. The first-order chi connectivity index (χ1) is 14.3. The molecule has 1 aliphatic rings. The minimum atomic E-state index is 0.614. The Hall–Kier alpha value is -2.59.